The van der Waals surface area contributed by atoms with Crippen molar-refractivity contribution in [1.29, 1.82) is 0 Å². The molecule has 0 aliphatic carbocycles. The van der Waals surface area contributed by atoms with E-state index in [0.717, 1.165) is 18.0 Å². The zero-order valence-electron chi connectivity index (χ0n) is 12.4. The van der Waals surface area contributed by atoms with Crippen molar-refractivity contribution in [2.24, 2.45) is 0 Å². The van der Waals surface area contributed by atoms with E-state index in [4.69, 9.17) is 16.3 Å². The summed E-state index contributed by atoms with van der Waals surface area (Å²) in [6, 6.07) is 0.846. The average molecular weight is 360 g/mol. The fourth-order valence-corrected chi connectivity index (χ4v) is 3.48. The maximum atomic E-state index is 12.7. The average Bonchev–Trinajstić information content (AvgIpc) is 3.02. The van der Waals surface area contributed by atoms with Gasteiger partial charge in [-0.2, -0.15) is 13.2 Å². The Morgan fingerprint density at radius 3 is 2.88 bits per heavy atom. The van der Waals surface area contributed by atoms with E-state index < -0.39 is 11.7 Å². The molecule has 0 N–H and O–H groups in total. The van der Waals surface area contributed by atoms with Crippen LogP contribution >= 0.6 is 11.6 Å². The molecule has 0 bridgehead atoms. The van der Waals surface area contributed by atoms with Crippen LogP contribution in [0.1, 0.15) is 23.7 Å². The number of aromatic nitrogens is 4. The molecule has 2 aliphatic rings. The van der Waals surface area contributed by atoms with Gasteiger partial charge in [-0.25, -0.2) is 9.67 Å². The van der Waals surface area contributed by atoms with E-state index in [-0.39, 0.29) is 17.2 Å². The van der Waals surface area contributed by atoms with Crippen molar-refractivity contribution >= 4 is 17.4 Å². The summed E-state index contributed by atoms with van der Waals surface area (Å²) in [5.74, 6) is 0.343. The highest BCUT2D eigenvalue weighted by molar-refractivity contribution is 6.33. The van der Waals surface area contributed by atoms with E-state index in [1.807, 2.05) is 9.58 Å². The van der Waals surface area contributed by atoms with Gasteiger partial charge in [0, 0.05) is 19.3 Å². The van der Waals surface area contributed by atoms with E-state index in [9.17, 15) is 13.2 Å². The number of pyridine rings is 1. The van der Waals surface area contributed by atoms with Gasteiger partial charge in [-0.15, -0.1) is 5.10 Å². The van der Waals surface area contributed by atoms with Crippen LogP contribution in [0.15, 0.2) is 18.5 Å². The Labute approximate surface area is 140 Å². The third-order valence-electron chi connectivity index (χ3n) is 4.38. The summed E-state index contributed by atoms with van der Waals surface area (Å²) < 4.78 is 45.9. The number of fused-ring (bicyclic) bond motifs is 3. The third kappa shape index (κ3) is 2.61. The van der Waals surface area contributed by atoms with Crippen LogP contribution in [0.25, 0.3) is 0 Å². The van der Waals surface area contributed by atoms with Crippen molar-refractivity contribution in [3.05, 3.63) is 34.7 Å². The molecule has 0 amide bonds. The van der Waals surface area contributed by atoms with Gasteiger partial charge in [-0.1, -0.05) is 16.8 Å². The first-order chi connectivity index (χ1) is 11.4. The van der Waals surface area contributed by atoms with Gasteiger partial charge in [-0.05, 0) is 12.5 Å². The van der Waals surface area contributed by atoms with E-state index >= 15 is 0 Å². The molecule has 6 nitrogen and oxygen atoms in total. The number of ether oxygens (including phenoxy) is 1. The molecule has 2 aromatic heterocycles. The summed E-state index contributed by atoms with van der Waals surface area (Å²) >= 11 is 6.05. The van der Waals surface area contributed by atoms with Gasteiger partial charge in [0.05, 0.1) is 41.2 Å². The zero-order valence-corrected chi connectivity index (χ0v) is 13.1. The number of hydrogen-bond donors (Lipinski definition) is 0. The number of alkyl halides is 3. The van der Waals surface area contributed by atoms with Gasteiger partial charge >= 0.3 is 6.18 Å². The summed E-state index contributed by atoms with van der Waals surface area (Å²) in [4.78, 5) is 5.80. The summed E-state index contributed by atoms with van der Waals surface area (Å²) in [7, 11) is 0. The Kier molecular flexibility index (Phi) is 3.65. The van der Waals surface area contributed by atoms with Crippen LogP contribution < -0.4 is 4.90 Å². The third-order valence-corrected chi connectivity index (χ3v) is 4.66. The normalized spacial score (nSPS) is 23.8. The molecule has 1 fully saturated rings. The number of halogens is 4. The number of piperidine rings is 1. The van der Waals surface area contributed by atoms with Crippen LogP contribution in [-0.2, 0) is 17.5 Å². The Hall–Kier alpha value is -1.87. The van der Waals surface area contributed by atoms with Crippen LogP contribution in [0.3, 0.4) is 0 Å². The second kappa shape index (κ2) is 5.59. The minimum absolute atomic E-state index is 0.00340. The molecular weight excluding hydrogens is 347 g/mol. The molecule has 1 saturated heterocycles. The lowest BCUT2D eigenvalue weighted by molar-refractivity contribution is -0.137. The van der Waals surface area contributed by atoms with E-state index in [1.165, 1.54) is 0 Å². The molecule has 0 saturated carbocycles. The van der Waals surface area contributed by atoms with Crippen LogP contribution in [0.2, 0.25) is 5.02 Å². The van der Waals surface area contributed by atoms with Gasteiger partial charge in [-0.3, -0.25) is 0 Å². The second-order valence-electron chi connectivity index (χ2n) is 5.85. The first kappa shape index (κ1) is 15.6. The molecule has 0 radical (unpaired) electrons. The fourth-order valence-electron chi connectivity index (χ4n) is 3.19. The number of anilines is 1. The summed E-state index contributed by atoms with van der Waals surface area (Å²) in [5.41, 5.74) is 0.0234. The minimum Gasteiger partial charge on any atom is -0.370 e. The SMILES string of the molecule is FC(F)(F)c1cnc(N2CC[C@@H]3OCc4cnnn4[C@H]3C2)c(Cl)c1. The Balaban J connectivity index is 1.61. The Morgan fingerprint density at radius 2 is 2.12 bits per heavy atom. The van der Waals surface area contributed by atoms with Crippen molar-refractivity contribution in [1.82, 2.24) is 20.0 Å². The molecule has 2 aliphatic heterocycles. The van der Waals surface area contributed by atoms with Gasteiger partial charge in [0.1, 0.15) is 5.82 Å². The highest BCUT2D eigenvalue weighted by atomic mass is 35.5. The predicted octanol–water partition coefficient (Wildman–Crippen LogP) is 2.70. The standard InChI is InChI=1S/C14H13ClF3N5O/c15-10-3-8(14(16,17)18)4-19-13(10)22-2-1-12-11(6-22)23-9(7-24-12)5-20-21-23/h3-5,11-12H,1-2,6-7H2/t11-,12-/m0/s1. The lowest BCUT2D eigenvalue weighted by atomic mass is 10.0. The minimum atomic E-state index is -4.46. The molecule has 2 atom stereocenters. The number of nitrogens with zero attached hydrogens (tertiary/aromatic N) is 5. The largest absolute Gasteiger partial charge is 0.417 e. The molecular formula is C14H13ClF3N5O. The maximum absolute atomic E-state index is 12.7. The van der Waals surface area contributed by atoms with Crippen molar-refractivity contribution in [2.75, 3.05) is 18.0 Å². The van der Waals surface area contributed by atoms with Crippen LogP contribution in [0.5, 0.6) is 0 Å². The van der Waals surface area contributed by atoms with E-state index in [0.29, 0.717) is 31.9 Å². The quantitative estimate of drug-likeness (QED) is 0.783. The Bertz CT molecular complexity index is 765. The molecule has 4 rings (SSSR count). The van der Waals surface area contributed by atoms with Gasteiger partial charge in [0.15, 0.2) is 0 Å². The highest BCUT2D eigenvalue weighted by Crippen LogP contribution is 2.36. The summed E-state index contributed by atoms with van der Waals surface area (Å²) in [6.45, 7) is 1.57. The van der Waals surface area contributed by atoms with Crippen molar-refractivity contribution in [3.8, 4) is 0 Å². The van der Waals surface area contributed by atoms with E-state index in [2.05, 4.69) is 15.3 Å². The topological polar surface area (TPSA) is 56.1 Å². The van der Waals surface area contributed by atoms with Crippen LogP contribution in [0.4, 0.5) is 19.0 Å². The molecule has 10 heteroatoms. The molecule has 2 aromatic rings. The van der Waals surface area contributed by atoms with Gasteiger partial charge in [0.25, 0.3) is 0 Å². The molecule has 0 spiro atoms. The van der Waals surface area contributed by atoms with Crippen molar-refractivity contribution < 1.29 is 17.9 Å². The van der Waals surface area contributed by atoms with Crippen molar-refractivity contribution in [2.45, 2.75) is 31.3 Å². The highest BCUT2D eigenvalue weighted by Gasteiger charge is 2.38. The predicted molar refractivity (Wildman–Crippen MR) is 78.7 cm³/mol. The monoisotopic (exact) mass is 359 g/mol. The first-order valence-electron chi connectivity index (χ1n) is 7.42. The smallest absolute Gasteiger partial charge is 0.370 e. The number of rotatable bonds is 1. The summed E-state index contributed by atoms with van der Waals surface area (Å²) in [6.07, 6.45) is -1.29. The van der Waals surface area contributed by atoms with Crippen LogP contribution in [-0.4, -0.2) is 39.2 Å². The second-order valence-corrected chi connectivity index (χ2v) is 6.26. The molecule has 0 unspecified atom stereocenters. The Morgan fingerprint density at radius 1 is 1.29 bits per heavy atom. The van der Waals surface area contributed by atoms with Crippen molar-refractivity contribution in [3.63, 3.8) is 0 Å². The molecule has 128 valence electrons. The van der Waals surface area contributed by atoms with E-state index in [1.54, 1.807) is 6.20 Å². The van der Waals surface area contributed by atoms with Crippen LogP contribution in [0, 0.1) is 0 Å². The lowest BCUT2D eigenvalue weighted by Crippen LogP contribution is -2.48. The zero-order chi connectivity index (χ0) is 16.9. The lowest BCUT2D eigenvalue weighted by Gasteiger charge is -2.41. The molecule has 24 heavy (non-hydrogen) atoms. The van der Waals surface area contributed by atoms with Gasteiger partial charge < -0.3 is 9.64 Å². The molecule has 4 heterocycles. The molecule has 0 aromatic carbocycles. The van der Waals surface area contributed by atoms with Gasteiger partial charge in [0.2, 0.25) is 0 Å². The number of hydrogen-bond acceptors (Lipinski definition) is 5. The maximum Gasteiger partial charge on any atom is 0.417 e. The first-order valence-corrected chi connectivity index (χ1v) is 7.79. The summed E-state index contributed by atoms with van der Waals surface area (Å²) in [5, 5.41) is 7.98. The fraction of sp³-hybridized carbons (Fsp3) is 0.500.